The predicted molar refractivity (Wildman–Crippen MR) is 23.7 cm³/mol. The van der Waals surface area contributed by atoms with Gasteiger partial charge in [0, 0.05) is 0 Å². The van der Waals surface area contributed by atoms with Gasteiger partial charge in [0.25, 0.3) is 11.6 Å². The average Bonchev–Trinajstić information content (AvgIpc) is 1.84. The molecule has 0 fully saturated rings. The van der Waals surface area contributed by atoms with E-state index < -0.39 is 17.5 Å². The molecule has 0 unspecified atom stereocenters. The largest absolute Gasteiger partial charge is 0.325 e. The van der Waals surface area contributed by atoms with Crippen LogP contribution in [0.25, 0.3) is 0 Å². The van der Waals surface area contributed by atoms with Crippen molar-refractivity contribution in [3.05, 3.63) is 11.0 Å². The Morgan fingerprint density at radius 2 is 2.00 bits per heavy atom. The summed E-state index contributed by atoms with van der Waals surface area (Å²) in [5.41, 5.74) is 0. The maximum absolute atomic E-state index is 11.6. The standard InChI is InChI=1S/C3H2ClF3O2/c4-2(9-8)1(5)3(6)7/h3,8H/b2-1+. The first-order chi connectivity index (χ1) is 4.09. The highest BCUT2D eigenvalue weighted by Gasteiger charge is 2.16. The van der Waals surface area contributed by atoms with Crippen LogP contribution >= 0.6 is 11.6 Å². The van der Waals surface area contributed by atoms with Gasteiger partial charge in [-0.2, -0.15) is 0 Å². The van der Waals surface area contributed by atoms with Gasteiger partial charge in [0.05, 0.1) is 0 Å². The zero-order valence-electron chi connectivity index (χ0n) is 3.94. The molecule has 0 aliphatic heterocycles. The Morgan fingerprint density at radius 3 is 2.11 bits per heavy atom. The molecule has 0 rings (SSSR count). The molecule has 0 atom stereocenters. The Balaban J connectivity index is 4.10. The highest BCUT2D eigenvalue weighted by atomic mass is 35.5. The summed E-state index contributed by atoms with van der Waals surface area (Å²) >= 11 is 4.56. The molecule has 0 spiro atoms. The Labute approximate surface area is 53.4 Å². The molecule has 0 saturated heterocycles. The van der Waals surface area contributed by atoms with Crippen LogP contribution < -0.4 is 0 Å². The van der Waals surface area contributed by atoms with Crippen LogP contribution in [0.1, 0.15) is 0 Å². The number of allylic oxidation sites excluding steroid dienone is 1. The molecule has 0 radical (unpaired) electrons. The Morgan fingerprint density at radius 1 is 1.56 bits per heavy atom. The van der Waals surface area contributed by atoms with Crippen molar-refractivity contribution in [2.75, 3.05) is 0 Å². The highest BCUT2D eigenvalue weighted by Crippen LogP contribution is 2.17. The Hall–Kier alpha value is -0.420. The van der Waals surface area contributed by atoms with Gasteiger partial charge in [0.2, 0.25) is 5.83 Å². The van der Waals surface area contributed by atoms with E-state index in [0.717, 1.165) is 0 Å². The van der Waals surface area contributed by atoms with Crippen molar-refractivity contribution in [2.45, 2.75) is 6.43 Å². The quantitative estimate of drug-likeness (QED) is 0.383. The molecule has 0 aliphatic rings. The first-order valence-corrected chi connectivity index (χ1v) is 2.12. The average molecular weight is 162 g/mol. The van der Waals surface area contributed by atoms with Crippen molar-refractivity contribution in [1.29, 1.82) is 0 Å². The van der Waals surface area contributed by atoms with Gasteiger partial charge < -0.3 is 4.89 Å². The molecule has 0 aromatic heterocycles. The summed E-state index contributed by atoms with van der Waals surface area (Å²) in [5, 5.41) is 6.15. The second kappa shape index (κ2) is 3.58. The van der Waals surface area contributed by atoms with Gasteiger partial charge in [-0.1, -0.05) is 0 Å². The Bertz CT molecular complexity index is 124. The number of alkyl halides is 2. The van der Waals surface area contributed by atoms with Crippen LogP contribution in [0.5, 0.6) is 0 Å². The SMILES string of the molecule is OO/C(Cl)=C(/F)C(F)F. The zero-order valence-corrected chi connectivity index (χ0v) is 4.70. The molecule has 1 N–H and O–H groups in total. The van der Waals surface area contributed by atoms with E-state index in [9.17, 15) is 13.2 Å². The summed E-state index contributed by atoms with van der Waals surface area (Å²) in [5.74, 6) is -1.99. The topological polar surface area (TPSA) is 29.5 Å². The van der Waals surface area contributed by atoms with Crippen molar-refractivity contribution in [3.63, 3.8) is 0 Å². The molecule has 0 amide bonds. The molecule has 9 heavy (non-hydrogen) atoms. The van der Waals surface area contributed by atoms with E-state index in [1.54, 1.807) is 0 Å². The van der Waals surface area contributed by atoms with Gasteiger partial charge >= 0.3 is 0 Å². The lowest BCUT2D eigenvalue weighted by molar-refractivity contribution is -0.196. The lowest BCUT2D eigenvalue weighted by Gasteiger charge is -1.94. The van der Waals surface area contributed by atoms with Crippen molar-refractivity contribution >= 4 is 11.6 Å². The van der Waals surface area contributed by atoms with Crippen LogP contribution in [0.2, 0.25) is 0 Å². The van der Waals surface area contributed by atoms with Gasteiger partial charge in [-0.3, -0.25) is 0 Å². The minimum atomic E-state index is -3.36. The molecular weight excluding hydrogens is 160 g/mol. The summed E-state index contributed by atoms with van der Waals surface area (Å²) in [6.07, 6.45) is -3.36. The molecule has 0 aromatic rings. The fourth-order valence-electron chi connectivity index (χ4n) is 0.129. The van der Waals surface area contributed by atoms with E-state index in [2.05, 4.69) is 16.5 Å². The zero-order chi connectivity index (χ0) is 7.44. The number of hydrogen-bond acceptors (Lipinski definition) is 2. The molecule has 0 heterocycles. The van der Waals surface area contributed by atoms with Crippen LogP contribution in [0.3, 0.4) is 0 Å². The van der Waals surface area contributed by atoms with E-state index in [-0.39, 0.29) is 0 Å². The van der Waals surface area contributed by atoms with Crippen LogP contribution in [-0.4, -0.2) is 11.7 Å². The number of hydrogen-bond donors (Lipinski definition) is 1. The fourth-order valence-corrected chi connectivity index (χ4v) is 0.212. The third kappa shape index (κ3) is 2.57. The first kappa shape index (κ1) is 8.58. The first-order valence-electron chi connectivity index (χ1n) is 1.74. The van der Waals surface area contributed by atoms with E-state index in [1.807, 2.05) is 0 Å². The van der Waals surface area contributed by atoms with Gasteiger partial charge in [-0.15, -0.1) is 0 Å². The van der Waals surface area contributed by atoms with Crippen LogP contribution in [0.15, 0.2) is 11.0 Å². The maximum Gasteiger partial charge on any atom is 0.294 e. The minimum Gasteiger partial charge on any atom is -0.325 e. The second-order valence-corrected chi connectivity index (χ2v) is 1.36. The molecule has 2 nitrogen and oxygen atoms in total. The molecule has 6 heteroatoms. The summed E-state index contributed by atoms with van der Waals surface area (Å²) in [6, 6.07) is 0. The van der Waals surface area contributed by atoms with Crippen LogP contribution in [-0.2, 0) is 4.89 Å². The third-order valence-electron chi connectivity index (χ3n) is 0.460. The molecule has 0 aromatic carbocycles. The van der Waals surface area contributed by atoms with Gasteiger partial charge in [-0.25, -0.2) is 18.4 Å². The smallest absolute Gasteiger partial charge is 0.294 e. The third-order valence-corrected chi connectivity index (χ3v) is 0.709. The highest BCUT2D eigenvalue weighted by molar-refractivity contribution is 6.28. The Kier molecular flexibility index (Phi) is 3.41. The van der Waals surface area contributed by atoms with Crippen molar-refractivity contribution < 1.29 is 23.3 Å². The normalized spacial score (nSPS) is 13.6. The lowest BCUT2D eigenvalue weighted by Crippen LogP contribution is -1.94. The summed E-state index contributed by atoms with van der Waals surface area (Å²) in [4.78, 5) is 2.96. The van der Waals surface area contributed by atoms with Gasteiger partial charge in [0.15, 0.2) is 0 Å². The molecule has 0 aliphatic carbocycles. The molecule has 54 valence electrons. The second-order valence-electron chi connectivity index (χ2n) is 1.01. The summed E-state index contributed by atoms with van der Waals surface area (Å²) < 4.78 is 33.9. The number of halogens is 4. The molecule has 0 bridgehead atoms. The van der Waals surface area contributed by atoms with Gasteiger partial charge in [0.1, 0.15) is 0 Å². The predicted octanol–water partition coefficient (Wildman–Crippen LogP) is 2.12. The summed E-state index contributed by atoms with van der Waals surface area (Å²) in [7, 11) is 0. The number of rotatable bonds is 2. The van der Waals surface area contributed by atoms with Crippen LogP contribution in [0, 0.1) is 0 Å². The molecular formula is C3H2ClF3O2. The maximum atomic E-state index is 11.6. The summed E-state index contributed by atoms with van der Waals surface area (Å²) in [6.45, 7) is 0. The van der Waals surface area contributed by atoms with E-state index >= 15 is 0 Å². The van der Waals surface area contributed by atoms with E-state index in [4.69, 9.17) is 5.26 Å². The monoisotopic (exact) mass is 162 g/mol. The van der Waals surface area contributed by atoms with Crippen molar-refractivity contribution in [3.8, 4) is 0 Å². The lowest BCUT2D eigenvalue weighted by atomic mass is 10.6. The minimum absolute atomic E-state index is 1.34. The van der Waals surface area contributed by atoms with Crippen molar-refractivity contribution in [1.82, 2.24) is 0 Å². The van der Waals surface area contributed by atoms with Gasteiger partial charge in [-0.05, 0) is 11.6 Å². The fraction of sp³-hybridized carbons (Fsp3) is 0.333. The molecule has 0 saturated carbocycles. The van der Waals surface area contributed by atoms with Crippen molar-refractivity contribution in [2.24, 2.45) is 0 Å². The van der Waals surface area contributed by atoms with Crippen LogP contribution in [0.4, 0.5) is 13.2 Å². The van der Waals surface area contributed by atoms with E-state index in [1.165, 1.54) is 0 Å². The van der Waals surface area contributed by atoms with E-state index in [0.29, 0.717) is 0 Å².